The highest BCUT2D eigenvalue weighted by Crippen LogP contribution is 2.47. The van der Waals surface area contributed by atoms with Crippen LogP contribution in [0.25, 0.3) is 0 Å². The molecule has 5 N–H and O–H groups in total. The van der Waals surface area contributed by atoms with Crippen molar-refractivity contribution in [2.24, 2.45) is 23.7 Å². The summed E-state index contributed by atoms with van der Waals surface area (Å²) in [6.45, 7) is 7.82. The molecular formula is C28H48N4O6S. The SMILES string of the molecule is CNC1(C(=O)N[C@H](C(=O)NC2(C(=O)O)CC2CCCNC(=O)CCCCC(=O)C(C)C)C(C)C)C[C@@H]1CSC. The smallest absolute Gasteiger partial charge is 0.329 e. The number of thioether (sulfide) groups is 1. The molecule has 2 aliphatic rings. The summed E-state index contributed by atoms with van der Waals surface area (Å²) in [5.74, 6) is -1.06. The molecule has 0 bridgehead atoms. The van der Waals surface area contributed by atoms with Gasteiger partial charge in [-0.25, -0.2) is 4.79 Å². The van der Waals surface area contributed by atoms with Crippen LogP contribution in [0.5, 0.6) is 0 Å². The molecule has 0 heterocycles. The van der Waals surface area contributed by atoms with Crippen LogP contribution in [-0.4, -0.2) is 77.3 Å². The van der Waals surface area contributed by atoms with E-state index in [0.29, 0.717) is 57.9 Å². The largest absolute Gasteiger partial charge is 0.479 e. The fourth-order valence-corrected chi connectivity index (χ4v) is 6.02. The Morgan fingerprint density at radius 2 is 1.59 bits per heavy atom. The molecule has 0 saturated heterocycles. The zero-order valence-corrected chi connectivity index (χ0v) is 25.2. The maximum atomic E-state index is 13.2. The Balaban J connectivity index is 1.80. The number of carboxylic acid groups (broad SMARTS) is 1. The fourth-order valence-electron chi connectivity index (χ4n) is 5.22. The lowest BCUT2D eigenvalue weighted by Gasteiger charge is -2.27. The van der Waals surface area contributed by atoms with Gasteiger partial charge < -0.3 is 26.4 Å². The van der Waals surface area contributed by atoms with Crippen molar-refractivity contribution in [1.82, 2.24) is 21.3 Å². The van der Waals surface area contributed by atoms with Gasteiger partial charge in [0.1, 0.15) is 22.9 Å². The maximum Gasteiger partial charge on any atom is 0.329 e. The average molecular weight is 569 g/mol. The van der Waals surface area contributed by atoms with Gasteiger partial charge >= 0.3 is 5.97 Å². The van der Waals surface area contributed by atoms with Crippen molar-refractivity contribution in [3.05, 3.63) is 0 Å². The molecule has 2 saturated carbocycles. The molecule has 10 nitrogen and oxygen atoms in total. The second-order valence-corrected chi connectivity index (χ2v) is 12.7. The monoisotopic (exact) mass is 568 g/mol. The molecular weight excluding hydrogens is 520 g/mol. The molecule has 5 atom stereocenters. The van der Waals surface area contributed by atoms with Crippen molar-refractivity contribution in [3.8, 4) is 0 Å². The molecule has 0 aromatic rings. The highest BCUT2D eigenvalue weighted by molar-refractivity contribution is 7.98. The minimum Gasteiger partial charge on any atom is -0.479 e. The normalized spacial score (nSPS) is 26.2. The summed E-state index contributed by atoms with van der Waals surface area (Å²) in [5, 5.41) is 21.5. The van der Waals surface area contributed by atoms with Crippen molar-refractivity contribution in [2.75, 3.05) is 25.6 Å². The first-order chi connectivity index (χ1) is 18.3. The van der Waals surface area contributed by atoms with Crippen molar-refractivity contribution in [2.45, 2.75) is 96.2 Å². The van der Waals surface area contributed by atoms with Crippen molar-refractivity contribution in [3.63, 3.8) is 0 Å². The number of hydrogen-bond acceptors (Lipinski definition) is 7. The third kappa shape index (κ3) is 8.67. The number of Topliss-reactive ketones (excluding diaryl/α,β-unsaturated/α-hetero) is 1. The van der Waals surface area contributed by atoms with Gasteiger partial charge in [0.05, 0.1) is 0 Å². The van der Waals surface area contributed by atoms with Crippen molar-refractivity contribution in [1.29, 1.82) is 0 Å². The van der Waals surface area contributed by atoms with Crippen LogP contribution in [0.2, 0.25) is 0 Å². The molecule has 11 heteroatoms. The van der Waals surface area contributed by atoms with Crippen LogP contribution >= 0.6 is 11.8 Å². The first kappa shape index (κ1) is 33.1. The number of hydrogen-bond donors (Lipinski definition) is 5. The summed E-state index contributed by atoms with van der Waals surface area (Å²) >= 11 is 1.67. The van der Waals surface area contributed by atoms with Crippen LogP contribution in [0.4, 0.5) is 0 Å². The van der Waals surface area contributed by atoms with Crippen LogP contribution in [0.1, 0.15) is 79.1 Å². The van der Waals surface area contributed by atoms with E-state index in [2.05, 4.69) is 21.3 Å². The van der Waals surface area contributed by atoms with E-state index in [0.717, 1.165) is 5.75 Å². The first-order valence-electron chi connectivity index (χ1n) is 14.2. The number of rotatable bonds is 19. The summed E-state index contributed by atoms with van der Waals surface area (Å²) in [4.78, 5) is 62.1. The van der Waals surface area contributed by atoms with Crippen LogP contribution in [-0.2, 0) is 24.0 Å². The van der Waals surface area contributed by atoms with E-state index in [1.54, 1.807) is 18.8 Å². The lowest BCUT2D eigenvalue weighted by Crippen LogP contribution is -2.59. The molecule has 2 aliphatic carbocycles. The number of likely N-dealkylation sites (N-methyl/N-ethyl adjacent to an activating group) is 1. The number of unbranched alkanes of at least 4 members (excludes halogenated alkanes) is 1. The molecule has 0 aliphatic heterocycles. The Morgan fingerprint density at radius 3 is 2.15 bits per heavy atom. The van der Waals surface area contributed by atoms with Crippen LogP contribution in [0.3, 0.4) is 0 Å². The molecule has 39 heavy (non-hydrogen) atoms. The highest BCUT2D eigenvalue weighted by atomic mass is 32.2. The minimum absolute atomic E-state index is 0.0183. The van der Waals surface area contributed by atoms with Gasteiger partial charge in [-0.3, -0.25) is 19.2 Å². The Morgan fingerprint density at radius 1 is 0.949 bits per heavy atom. The van der Waals surface area contributed by atoms with E-state index in [9.17, 15) is 29.1 Å². The lowest BCUT2D eigenvalue weighted by atomic mass is 10.0. The second kappa shape index (κ2) is 14.5. The summed E-state index contributed by atoms with van der Waals surface area (Å²) in [7, 11) is 1.75. The lowest BCUT2D eigenvalue weighted by molar-refractivity contribution is -0.144. The minimum atomic E-state index is -1.34. The number of carbonyl (C=O) groups excluding carboxylic acids is 4. The van der Waals surface area contributed by atoms with Gasteiger partial charge in [0, 0.05) is 25.3 Å². The van der Waals surface area contributed by atoms with E-state index in [1.165, 1.54) is 0 Å². The van der Waals surface area contributed by atoms with Crippen LogP contribution < -0.4 is 21.3 Å². The Hall–Kier alpha value is -2.14. The molecule has 3 amide bonds. The summed E-state index contributed by atoms with van der Waals surface area (Å²) in [6.07, 6.45) is 6.37. The fraction of sp³-hybridized carbons (Fsp3) is 0.821. The van der Waals surface area contributed by atoms with Gasteiger partial charge in [-0.1, -0.05) is 27.7 Å². The molecule has 2 fully saturated rings. The number of ketones is 1. The van der Waals surface area contributed by atoms with E-state index in [-0.39, 0.29) is 41.3 Å². The van der Waals surface area contributed by atoms with E-state index >= 15 is 0 Å². The van der Waals surface area contributed by atoms with Gasteiger partial charge in [-0.2, -0.15) is 11.8 Å². The Labute approximate surface area is 237 Å². The van der Waals surface area contributed by atoms with Crippen LogP contribution in [0, 0.1) is 23.7 Å². The van der Waals surface area contributed by atoms with Gasteiger partial charge in [0.25, 0.3) is 0 Å². The van der Waals surface area contributed by atoms with Gasteiger partial charge in [-0.15, -0.1) is 0 Å². The number of aliphatic carboxylic acids is 1. The number of amides is 3. The molecule has 0 aromatic heterocycles. The molecule has 0 radical (unpaired) electrons. The standard InChI is InChI=1S/C28H48N4O6S/c1-17(2)21(33)11-7-8-12-22(34)30-13-9-10-19-14-28(19,26(37)38)32-24(35)23(18(3)4)31-25(36)27(29-5)15-20(27)16-39-6/h17-20,23,29H,7-16H2,1-6H3,(H,30,34)(H,31,36)(H,32,35)(H,37,38)/t19?,20-,23+,27?,28?/m1/s1. The van der Waals surface area contributed by atoms with Gasteiger partial charge in [0.2, 0.25) is 17.7 Å². The number of carboxylic acids is 1. The van der Waals surface area contributed by atoms with E-state index in [4.69, 9.17) is 0 Å². The molecule has 3 unspecified atom stereocenters. The number of nitrogens with one attached hydrogen (secondary N) is 4. The first-order valence-corrected chi connectivity index (χ1v) is 15.6. The summed E-state index contributed by atoms with van der Waals surface area (Å²) < 4.78 is 0. The Kier molecular flexibility index (Phi) is 12.3. The topological polar surface area (TPSA) is 154 Å². The molecule has 222 valence electrons. The average Bonchev–Trinajstić information content (AvgIpc) is 3.77. The van der Waals surface area contributed by atoms with Crippen LogP contribution in [0.15, 0.2) is 0 Å². The van der Waals surface area contributed by atoms with Gasteiger partial charge in [-0.05, 0) is 75.3 Å². The quantitative estimate of drug-likeness (QED) is 0.149. The summed E-state index contributed by atoms with van der Waals surface area (Å²) in [6, 6.07) is -0.842. The number of carbonyl (C=O) groups is 5. The molecule has 0 spiro atoms. The third-order valence-electron chi connectivity index (χ3n) is 8.17. The zero-order chi connectivity index (χ0) is 29.4. The van der Waals surface area contributed by atoms with Crippen molar-refractivity contribution >= 4 is 41.2 Å². The van der Waals surface area contributed by atoms with E-state index in [1.807, 2.05) is 34.0 Å². The predicted molar refractivity (Wildman–Crippen MR) is 152 cm³/mol. The highest BCUT2D eigenvalue weighted by Gasteiger charge is 2.62. The second-order valence-electron chi connectivity index (χ2n) is 11.8. The Bertz CT molecular complexity index is 912. The van der Waals surface area contributed by atoms with Crippen molar-refractivity contribution < 1.29 is 29.1 Å². The third-order valence-corrected chi connectivity index (χ3v) is 8.90. The molecule has 0 aromatic carbocycles. The predicted octanol–water partition coefficient (Wildman–Crippen LogP) is 2.11. The van der Waals surface area contributed by atoms with E-state index < -0.39 is 29.0 Å². The molecule has 2 rings (SSSR count). The van der Waals surface area contributed by atoms with Gasteiger partial charge in [0.15, 0.2) is 0 Å². The zero-order valence-electron chi connectivity index (χ0n) is 24.4. The summed E-state index contributed by atoms with van der Waals surface area (Å²) in [5.41, 5.74) is -2.03. The maximum absolute atomic E-state index is 13.2.